The van der Waals surface area contributed by atoms with Gasteiger partial charge in [0, 0.05) is 18.0 Å². The number of amides is 1. The van der Waals surface area contributed by atoms with Gasteiger partial charge >= 0.3 is 0 Å². The van der Waals surface area contributed by atoms with Gasteiger partial charge in [-0.1, -0.05) is 24.3 Å². The van der Waals surface area contributed by atoms with Crippen LogP contribution in [0.4, 0.5) is 0 Å². The van der Waals surface area contributed by atoms with Crippen molar-refractivity contribution in [2.24, 2.45) is 0 Å². The molecule has 0 atom stereocenters. The molecule has 6 nitrogen and oxygen atoms in total. The number of nitrogens with zero attached hydrogens (tertiary/aromatic N) is 1. The largest absolute Gasteiger partial charge is 0.493 e. The molecule has 0 saturated carbocycles. The first-order valence-corrected chi connectivity index (χ1v) is 9.52. The van der Waals surface area contributed by atoms with Crippen molar-refractivity contribution in [2.45, 2.75) is 26.8 Å². The summed E-state index contributed by atoms with van der Waals surface area (Å²) in [6.07, 6.45) is 0.647. The van der Waals surface area contributed by atoms with Gasteiger partial charge in [0.15, 0.2) is 11.5 Å². The molecule has 29 heavy (non-hydrogen) atoms. The molecule has 152 valence electrons. The zero-order chi connectivity index (χ0) is 21.0. The molecule has 1 N–H and O–H groups in total. The number of carbonyl (C=O) groups excluding carboxylic acids is 1. The maximum atomic E-state index is 12.5. The summed E-state index contributed by atoms with van der Waals surface area (Å²) in [5, 5.41) is 3.89. The lowest BCUT2D eigenvalue weighted by molar-refractivity contribution is -0.121. The van der Waals surface area contributed by atoms with Gasteiger partial charge in [0.2, 0.25) is 5.91 Å². The summed E-state index contributed by atoms with van der Waals surface area (Å²) in [5.41, 5.74) is 3.56. The molecule has 6 heteroatoms. The van der Waals surface area contributed by atoms with Gasteiger partial charge in [-0.2, -0.15) is 0 Å². The highest BCUT2D eigenvalue weighted by Gasteiger charge is 2.12. The van der Waals surface area contributed by atoms with E-state index >= 15 is 0 Å². The van der Waals surface area contributed by atoms with E-state index in [2.05, 4.69) is 5.32 Å². The van der Waals surface area contributed by atoms with Crippen LogP contribution in [0.25, 0.3) is 10.9 Å². The van der Waals surface area contributed by atoms with Crippen molar-refractivity contribution < 1.29 is 14.3 Å². The molecule has 1 aromatic heterocycles. The van der Waals surface area contributed by atoms with E-state index in [0.29, 0.717) is 24.5 Å². The fourth-order valence-corrected chi connectivity index (χ4v) is 3.53. The molecule has 0 bridgehead atoms. The van der Waals surface area contributed by atoms with Crippen molar-refractivity contribution in [3.05, 3.63) is 69.5 Å². The third-order valence-electron chi connectivity index (χ3n) is 5.02. The summed E-state index contributed by atoms with van der Waals surface area (Å²) in [6, 6.07) is 13.1. The molecule has 0 aliphatic rings. The quantitative estimate of drug-likeness (QED) is 0.669. The van der Waals surface area contributed by atoms with Crippen LogP contribution in [0.15, 0.2) is 47.3 Å². The number of methoxy groups -OCH3 is 2. The van der Waals surface area contributed by atoms with Gasteiger partial charge in [0.25, 0.3) is 5.56 Å². The molecule has 0 aliphatic carbocycles. The van der Waals surface area contributed by atoms with Crippen LogP contribution in [0.2, 0.25) is 0 Å². The number of pyridine rings is 1. The molecule has 3 aromatic rings. The molecule has 1 amide bonds. The van der Waals surface area contributed by atoms with Crippen LogP contribution < -0.4 is 20.3 Å². The lowest BCUT2D eigenvalue weighted by atomic mass is 10.1. The van der Waals surface area contributed by atoms with Crippen LogP contribution in [-0.2, 0) is 17.8 Å². The molecular formula is C23H26N2O4. The Bertz CT molecular complexity index is 1100. The van der Waals surface area contributed by atoms with Crippen molar-refractivity contribution in [2.75, 3.05) is 20.8 Å². The lowest BCUT2D eigenvalue weighted by Gasteiger charge is -2.14. The molecule has 2 aromatic carbocycles. The number of benzene rings is 2. The van der Waals surface area contributed by atoms with Gasteiger partial charge in [-0.25, -0.2) is 0 Å². The number of hydrogen-bond donors (Lipinski definition) is 1. The second-order valence-corrected chi connectivity index (χ2v) is 7.01. The number of aromatic nitrogens is 1. The first-order chi connectivity index (χ1) is 13.9. The average molecular weight is 394 g/mol. The number of carbonyl (C=O) groups is 1. The number of fused-ring (bicyclic) bond motifs is 1. The molecule has 0 spiro atoms. The van der Waals surface area contributed by atoms with E-state index in [0.717, 1.165) is 27.6 Å². The molecule has 0 saturated heterocycles. The normalized spacial score (nSPS) is 10.8. The van der Waals surface area contributed by atoms with Gasteiger partial charge in [-0.05, 0) is 49.1 Å². The first-order valence-electron chi connectivity index (χ1n) is 9.52. The summed E-state index contributed by atoms with van der Waals surface area (Å²) in [5.74, 6) is 1.13. The average Bonchev–Trinajstić information content (AvgIpc) is 2.71. The fraction of sp³-hybridized carbons (Fsp3) is 0.304. The van der Waals surface area contributed by atoms with E-state index in [1.54, 1.807) is 24.9 Å². The highest BCUT2D eigenvalue weighted by Crippen LogP contribution is 2.27. The second-order valence-electron chi connectivity index (χ2n) is 7.01. The van der Waals surface area contributed by atoms with Crippen LogP contribution in [0, 0.1) is 13.8 Å². The van der Waals surface area contributed by atoms with Gasteiger partial charge in [0.1, 0.15) is 6.54 Å². The minimum Gasteiger partial charge on any atom is -0.493 e. The number of aryl methyl sites for hydroxylation is 2. The van der Waals surface area contributed by atoms with Gasteiger partial charge < -0.3 is 14.8 Å². The smallest absolute Gasteiger partial charge is 0.251 e. The minimum atomic E-state index is -0.194. The van der Waals surface area contributed by atoms with E-state index in [1.165, 1.54) is 0 Å². The molecular weight excluding hydrogens is 368 g/mol. The van der Waals surface area contributed by atoms with Crippen molar-refractivity contribution in [3.8, 4) is 11.5 Å². The summed E-state index contributed by atoms with van der Waals surface area (Å²) in [7, 11) is 3.19. The number of ether oxygens (including phenoxy) is 2. The van der Waals surface area contributed by atoms with Gasteiger partial charge in [-0.15, -0.1) is 0 Å². The number of nitrogens with one attached hydrogen (secondary N) is 1. The summed E-state index contributed by atoms with van der Waals surface area (Å²) >= 11 is 0. The van der Waals surface area contributed by atoms with Crippen LogP contribution in [0.5, 0.6) is 11.5 Å². The molecule has 0 aliphatic heterocycles. The van der Waals surface area contributed by atoms with Crippen LogP contribution in [-0.4, -0.2) is 31.2 Å². The van der Waals surface area contributed by atoms with Gasteiger partial charge in [0.05, 0.1) is 19.7 Å². The van der Waals surface area contributed by atoms with Crippen LogP contribution >= 0.6 is 0 Å². The zero-order valence-corrected chi connectivity index (χ0v) is 17.2. The van der Waals surface area contributed by atoms with E-state index in [4.69, 9.17) is 9.47 Å². The Balaban J connectivity index is 1.70. The maximum Gasteiger partial charge on any atom is 0.251 e. The third-order valence-corrected chi connectivity index (χ3v) is 5.02. The molecule has 3 rings (SSSR count). The van der Waals surface area contributed by atoms with Gasteiger partial charge in [-0.3, -0.25) is 14.2 Å². The van der Waals surface area contributed by atoms with Crippen LogP contribution in [0.3, 0.4) is 0 Å². The van der Waals surface area contributed by atoms with E-state index in [-0.39, 0.29) is 18.0 Å². The third kappa shape index (κ3) is 4.42. The standard InChI is InChI=1S/C23H26N2O4/c1-15-6-5-7-18-16(2)12-22(27)25(23(15)18)14-21(26)24-11-10-17-8-9-19(28-3)20(13-17)29-4/h5-9,12-13H,10-11,14H2,1-4H3,(H,24,26). The monoisotopic (exact) mass is 394 g/mol. The summed E-state index contributed by atoms with van der Waals surface area (Å²) in [4.78, 5) is 25.0. The Morgan fingerprint density at radius 1 is 1.00 bits per heavy atom. The number of rotatable bonds is 7. The predicted molar refractivity (Wildman–Crippen MR) is 114 cm³/mol. The summed E-state index contributed by atoms with van der Waals surface area (Å²) < 4.78 is 12.1. The van der Waals surface area contributed by atoms with E-state index in [9.17, 15) is 9.59 Å². The molecule has 0 unspecified atom stereocenters. The lowest BCUT2D eigenvalue weighted by Crippen LogP contribution is -2.33. The molecule has 1 heterocycles. The molecule has 0 fully saturated rings. The summed E-state index contributed by atoms with van der Waals surface area (Å²) in [6.45, 7) is 4.32. The highest BCUT2D eigenvalue weighted by molar-refractivity contribution is 5.87. The van der Waals surface area contributed by atoms with E-state index < -0.39 is 0 Å². The number of para-hydroxylation sites is 1. The number of hydrogen-bond acceptors (Lipinski definition) is 4. The Kier molecular flexibility index (Phi) is 6.22. The molecule has 0 radical (unpaired) electrons. The Hall–Kier alpha value is -3.28. The highest BCUT2D eigenvalue weighted by atomic mass is 16.5. The van der Waals surface area contributed by atoms with Crippen molar-refractivity contribution in [3.63, 3.8) is 0 Å². The fourth-order valence-electron chi connectivity index (χ4n) is 3.53. The first kappa shape index (κ1) is 20.5. The second kappa shape index (κ2) is 8.82. The Labute approximate surface area is 170 Å². The zero-order valence-electron chi connectivity index (χ0n) is 17.2. The van der Waals surface area contributed by atoms with Crippen LogP contribution in [0.1, 0.15) is 16.7 Å². The van der Waals surface area contributed by atoms with Crippen molar-refractivity contribution in [1.29, 1.82) is 0 Å². The Morgan fingerprint density at radius 2 is 1.76 bits per heavy atom. The maximum absolute atomic E-state index is 12.5. The van der Waals surface area contributed by atoms with Crippen molar-refractivity contribution in [1.82, 2.24) is 9.88 Å². The Morgan fingerprint density at radius 3 is 2.48 bits per heavy atom. The topological polar surface area (TPSA) is 69.6 Å². The van der Waals surface area contributed by atoms with Crippen molar-refractivity contribution >= 4 is 16.8 Å². The minimum absolute atomic E-state index is 0.00754. The predicted octanol–water partition coefficient (Wildman–Crippen LogP) is 2.99. The SMILES string of the molecule is COc1ccc(CCNC(=O)Cn2c(=O)cc(C)c3cccc(C)c32)cc1OC. The van der Waals surface area contributed by atoms with E-state index in [1.807, 2.05) is 50.2 Å².